The zero-order valence-electron chi connectivity index (χ0n) is 11.8. The fraction of sp³-hybridized carbons (Fsp3) is 0.214. The summed E-state index contributed by atoms with van der Waals surface area (Å²) in [7, 11) is 0. The summed E-state index contributed by atoms with van der Waals surface area (Å²) in [5.74, 6) is 0.692. The number of hydrogen-bond acceptors (Lipinski definition) is 9. The molecule has 0 aliphatic carbocycles. The molecule has 1 atom stereocenters. The van der Waals surface area contributed by atoms with Crippen LogP contribution in [-0.2, 0) is 0 Å². The highest BCUT2D eigenvalue weighted by Crippen LogP contribution is 2.34. The highest BCUT2D eigenvalue weighted by atomic mass is 32.1. The van der Waals surface area contributed by atoms with E-state index in [1.165, 1.54) is 11.3 Å². The van der Waals surface area contributed by atoms with Gasteiger partial charge in [-0.3, -0.25) is 4.98 Å². The van der Waals surface area contributed by atoms with E-state index in [0.717, 1.165) is 15.4 Å². The molecule has 0 saturated carbocycles. The lowest BCUT2D eigenvalue weighted by Crippen LogP contribution is -2.16. The Balaban J connectivity index is 1.72. The zero-order chi connectivity index (χ0) is 15.6. The molecule has 9 heteroatoms. The number of hydrogen-bond donors (Lipinski definition) is 0. The molecule has 0 aromatic carbocycles. The van der Waals surface area contributed by atoms with Crippen LogP contribution in [-0.4, -0.2) is 31.8 Å². The summed E-state index contributed by atoms with van der Waals surface area (Å²) in [6.07, 6.45) is 5.64. The third-order valence-corrected chi connectivity index (χ3v) is 4.43. The van der Waals surface area contributed by atoms with Gasteiger partial charge in [-0.1, -0.05) is 5.18 Å². The van der Waals surface area contributed by atoms with Gasteiger partial charge in [-0.15, -0.1) is 21.5 Å². The summed E-state index contributed by atoms with van der Waals surface area (Å²) >= 11 is 1.43. The van der Waals surface area contributed by atoms with Gasteiger partial charge in [-0.25, -0.2) is 9.97 Å². The second-order valence-electron chi connectivity index (χ2n) is 4.86. The molecule has 23 heavy (non-hydrogen) atoms. The topological polar surface area (TPSA) is 103 Å². The van der Waals surface area contributed by atoms with Gasteiger partial charge in [0, 0.05) is 30.6 Å². The summed E-state index contributed by atoms with van der Waals surface area (Å²) in [6.45, 7) is 0.394. The van der Waals surface area contributed by atoms with Crippen molar-refractivity contribution in [3.05, 3.63) is 41.3 Å². The zero-order valence-corrected chi connectivity index (χ0v) is 12.6. The van der Waals surface area contributed by atoms with Gasteiger partial charge >= 0.3 is 0 Å². The Hall–Kier alpha value is -2.81. The smallest absolute Gasteiger partial charge is 0.257 e. The fourth-order valence-corrected chi connectivity index (χ4v) is 3.09. The van der Waals surface area contributed by atoms with Gasteiger partial charge in [0.15, 0.2) is 5.82 Å². The summed E-state index contributed by atoms with van der Waals surface area (Å²) in [6, 6.07) is 3.24. The SMILES string of the molecule is O=NC1CCOc2nnc(-c3cnc(-c4cccnc4)s3)nc21. The molecule has 1 aliphatic heterocycles. The van der Waals surface area contributed by atoms with Crippen molar-refractivity contribution < 1.29 is 4.74 Å². The molecular weight excluding hydrogens is 316 g/mol. The first-order valence-electron chi connectivity index (χ1n) is 6.91. The number of nitrogens with zero attached hydrogens (tertiary/aromatic N) is 6. The quantitative estimate of drug-likeness (QED) is 0.681. The van der Waals surface area contributed by atoms with Gasteiger partial charge in [-0.05, 0) is 12.1 Å². The lowest BCUT2D eigenvalue weighted by Gasteiger charge is -2.18. The van der Waals surface area contributed by atoms with E-state index in [9.17, 15) is 4.91 Å². The molecule has 0 amide bonds. The van der Waals surface area contributed by atoms with Crippen molar-refractivity contribution in [1.82, 2.24) is 25.1 Å². The van der Waals surface area contributed by atoms with Gasteiger partial charge in [0.2, 0.25) is 0 Å². The van der Waals surface area contributed by atoms with Crippen LogP contribution in [0.25, 0.3) is 21.3 Å². The molecule has 8 nitrogen and oxygen atoms in total. The van der Waals surface area contributed by atoms with Crippen LogP contribution in [0.15, 0.2) is 35.9 Å². The minimum atomic E-state index is -0.543. The molecule has 0 saturated heterocycles. The average molecular weight is 326 g/mol. The van der Waals surface area contributed by atoms with Crippen molar-refractivity contribution in [3.63, 3.8) is 0 Å². The number of pyridine rings is 1. The molecular formula is C14H10N6O2S. The van der Waals surface area contributed by atoms with Crippen LogP contribution < -0.4 is 4.74 Å². The molecule has 3 aromatic heterocycles. The van der Waals surface area contributed by atoms with Crippen LogP contribution >= 0.6 is 11.3 Å². The third kappa shape index (κ3) is 2.55. The summed E-state index contributed by atoms with van der Waals surface area (Å²) in [5, 5.41) is 12.0. The predicted molar refractivity (Wildman–Crippen MR) is 82.8 cm³/mol. The van der Waals surface area contributed by atoms with Crippen molar-refractivity contribution in [2.75, 3.05) is 6.61 Å². The van der Waals surface area contributed by atoms with Crippen molar-refractivity contribution in [2.45, 2.75) is 12.5 Å². The lowest BCUT2D eigenvalue weighted by atomic mass is 10.1. The molecule has 0 radical (unpaired) electrons. The first kappa shape index (κ1) is 13.8. The highest BCUT2D eigenvalue weighted by Gasteiger charge is 2.27. The van der Waals surface area contributed by atoms with E-state index in [1.807, 2.05) is 12.1 Å². The van der Waals surface area contributed by atoms with Crippen molar-refractivity contribution in [1.29, 1.82) is 0 Å². The Morgan fingerprint density at radius 2 is 2.26 bits per heavy atom. The highest BCUT2D eigenvalue weighted by molar-refractivity contribution is 7.18. The molecule has 0 bridgehead atoms. The van der Waals surface area contributed by atoms with Gasteiger partial charge in [0.05, 0.1) is 11.5 Å². The van der Waals surface area contributed by atoms with E-state index in [2.05, 4.69) is 30.3 Å². The van der Waals surface area contributed by atoms with Gasteiger partial charge in [0.1, 0.15) is 16.7 Å². The second-order valence-corrected chi connectivity index (χ2v) is 5.89. The molecule has 1 aliphatic rings. The standard InChI is InChI=1S/C14H10N6O2S/c21-20-9-3-5-22-13-11(9)17-12(18-19-13)10-7-16-14(23-10)8-2-1-4-15-6-8/h1-2,4,6-7,9H,3,5H2. The number of aromatic nitrogens is 5. The Kier molecular flexibility index (Phi) is 3.46. The van der Waals surface area contributed by atoms with E-state index >= 15 is 0 Å². The molecule has 4 heterocycles. The first-order chi connectivity index (χ1) is 11.3. The van der Waals surface area contributed by atoms with E-state index in [1.54, 1.807) is 18.6 Å². The number of thiazole rings is 1. The normalized spacial score (nSPS) is 16.4. The van der Waals surface area contributed by atoms with Crippen molar-refractivity contribution in [3.8, 4) is 27.2 Å². The first-order valence-corrected chi connectivity index (χ1v) is 7.73. The summed E-state index contributed by atoms with van der Waals surface area (Å²) in [5.41, 5.74) is 1.36. The number of nitroso groups, excluding NO2 is 1. The number of rotatable bonds is 3. The van der Waals surface area contributed by atoms with Gasteiger partial charge < -0.3 is 4.74 Å². The van der Waals surface area contributed by atoms with Crippen LogP contribution in [0, 0.1) is 4.91 Å². The van der Waals surface area contributed by atoms with Crippen LogP contribution in [0.2, 0.25) is 0 Å². The van der Waals surface area contributed by atoms with E-state index in [0.29, 0.717) is 24.5 Å². The Bertz CT molecular complexity index is 853. The maximum absolute atomic E-state index is 10.9. The minimum absolute atomic E-state index is 0.279. The summed E-state index contributed by atoms with van der Waals surface area (Å²) in [4.78, 5) is 24.6. The van der Waals surface area contributed by atoms with E-state index in [-0.39, 0.29) is 5.88 Å². The van der Waals surface area contributed by atoms with Gasteiger partial charge in [-0.2, -0.15) is 4.91 Å². The molecule has 4 rings (SSSR count). The predicted octanol–water partition coefficient (Wildman–Crippen LogP) is 2.65. The Labute approximate surface area is 134 Å². The third-order valence-electron chi connectivity index (χ3n) is 3.39. The van der Waals surface area contributed by atoms with E-state index < -0.39 is 6.04 Å². The fourth-order valence-electron chi connectivity index (χ4n) is 2.26. The van der Waals surface area contributed by atoms with Crippen LogP contribution in [0.4, 0.5) is 0 Å². The summed E-state index contributed by atoms with van der Waals surface area (Å²) < 4.78 is 5.37. The lowest BCUT2D eigenvalue weighted by molar-refractivity contribution is 0.249. The maximum Gasteiger partial charge on any atom is 0.257 e. The molecule has 3 aromatic rings. The Morgan fingerprint density at radius 3 is 3.09 bits per heavy atom. The molecule has 1 unspecified atom stereocenters. The number of fused-ring (bicyclic) bond motifs is 1. The van der Waals surface area contributed by atoms with Crippen molar-refractivity contribution >= 4 is 11.3 Å². The molecule has 0 spiro atoms. The molecule has 114 valence electrons. The second kappa shape index (κ2) is 5.76. The van der Waals surface area contributed by atoms with Crippen LogP contribution in [0.5, 0.6) is 5.88 Å². The Morgan fingerprint density at radius 1 is 1.30 bits per heavy atom. The van der Waals surface area contributed by atoms with Gasteiger partial charge in [0.25, 0.3) is 5.88 Å². The maximum atomic E-state index is 10.9. The largest absolute Gasteiger partial charge is 0.475 e. The minimum Gasteiger partial charge on any atom is -0.475 e. The van der Waals surface area contributed by atoms with Crippen LogP contribution in [0.1, 0.15) is 18.2 Å². The number of ether oxygens (including phenoxy) is 1. The average Bonchev–Trinajstić information content (AvgIpc) is 3.11. The van der Waals surface area contributed by atoms with Crippen LogP contribution in [0.3, 0.4) is 0 Å². The molecule has 0 N–H and O–H groups in total. The van der Waals surface area contributed by atoms with Crippen molar-refractivity contribution in [2.24, 2.45) is 5.18 Å². The van der Waals surface area contributed by atoms with E-state index in [4.69, 9.17) is 4.74 Å². The molecule has 0 fully saturated rings. The monoisotopic (exact) mass is 326 g/mol.